The van der Waals surface area contributed by atoms with Gasteiger partial charge in [-0.25, -0.2) is 0 Å². The Balaban J connectivity index is 2.63. The summed E-state index contributed by atoms with van der Waals surface area (Å²) in [4.78, 5) is 0. The number of aliphatic hydroxyl groups excluding tert-OH is 3. The van der Waals surface area contributed by atoms with Crippen LogP contribution in [-0.4, -0.2) is 32.6 Å². The number of hydrogen-bond donors (Lipinski definition) is 3. The van der Waals surface area contributed by atoms with Crippen LogP contribution in [-0.2, 0) is 6.54 Å². The smallest absolute Gasteiger partial charge is 0.0949 e. The van der Waals surface area contributed by atoms with Crippen LogP contribution in [0.3, 0.4) is 0 Å². The Morgan fingerprint density at radius 1 is 1.33 bits per heavy atom. The van der Waals surface area contributed by atoms with E-state index in [1.165, 1.54) is 0 Å². The minimum absolute atomic E-state index is 0.170. The predicted octanol–water partition coefficient (Wildman–Crippen LogP) is 0.531. The average Bonchev–Trinajstić information content (AvgIpc) is 2.64. The lowest BCUT2D eigenvalue weighted by Gasteiger charge is -2.12. The average molecular weight is 213 g/mol. The van der Waals surface area contributed by atoms with Gasteiger partial charge in [0.05, 0.1) is 25.4 Å². The fraction of sp³-hybridized carbons (Fsp3) is 0.636. The Bertz CT molecular complexity index is 296. The SMILES string of the molecule is CC(C)C(O)c1ccn(CC(O)CO)c1. The first-order valence-electron chi connectivity index (χ1n) is 5.17. The summed E-state index contributed by atoms with van der Waals surface area (Å²) < 4.78 is 1.77. The molecule has 0 radical (unpaired) electrons. The van der Waals surface area contributed by atoms with Crippen molar-refractivity contribution in [1.82, 2.24) is 4.57 Å². The van der Waals surface area contributed by atoms with Crippen LogP contribution in [0.5, 0.6) is 0 Å². The first kappa shape index (κ1) is 12.2. The summed E-state index contributed by atoms with van der Waals surface area (Å²) in [5.74, 6) is 0.170. The second-order valence-electron chi connectivity index (χ2n) is 4.17. The maximum Gasteiger partial charge on any atom is 0.0949 e. The Hall–Kier alpha value is -0.840. The summed E-state index contributed by atoms with van der Waals surface area (Å²) in [7, 11) is 0. The van der Waals surface area contributed by atoms with Gasteiger partial charge in [-0.05, 0) is 17.5 Å². The highest BCUT2D eigenvalue weighted by atomic mass is 16.3. The molecule has 0 aromatic carbocycles. The van der Waals surface area contributed by atoms with Crippen LogP contribution >= 0.6 is 0 Å². The van der Waals surface area contributed by atoms with Crippen LogP contribution in [0.1, 0.15) is 25.5 Å². The molecule has 86 valence electrons. The zero-order valence-corrected chi connectivity index (χ0v) is 9.17. The van der Waals surface area contributed by atoms with Gasteiger partial charge < -0.3 is 19.9 Å². The molecule has 1 rings (SSSR count). The maximum absolute atomic E-state index is 9.78. The summed E-state index contributed by atoms with van der Waals surface area (Å²) in [6, 6.07) is 1.83. The molecular formula is C11H19NO3. The first-order valence-corrected chi connectivity index (χ1v) is 5.17. The van der Waals surface area contributed by atoms with E-state index in [0.717, 1.165) is 5.56 Å². The van der Waals surface area contributed by atoms with E-state index >= 15 is 0 Å². The summed E-state index contributed by atoms with van der Waals surface area (Å²) in [5, 5.41) is 27.7. The minimum Gasteiger partial charge on any atom is -0.394 e. The van der Waals surface area contributed by atoms with Gasteiger partial charge in [0.15, 0.2) is 0 Å². The molecule has 1 aromatic heterocycles. The monoisotopic (exact) mass is 213 g/mol. The summed E-state index contributed by atoms with van der Waals surface area (Å²) >= 11 is 0. The van der Waals surface area contributed by atoms with Crippen LogP contribution in [0.4, 0.5) is 0 Å². The molecule has 0 bridgehead atoms. The molecule has 15 heavy (non-hydrogen) atoms. The lowest BCUT2D eigenvalue weighted by atomic mass is 10.0. The number of aliphatic hydroxyl groups is 3. The molecule has 0 aliphatic carbocycles. The van der Waals surface area contributed by atoms with Crippen LogP contribution in [0.15, 0.2) is 18.5 Å². The van der Waals surface area contributed by atoms with Crippen molar-refractivity contribution >= 4 is 0 Å². The topological polar surface area (TPSA) is 65.6 Å². The molecule has 1 heterocycles. The molecule has 2 atom stereocenters. The first-order chi connectivity index (χ1) is 7.04. The molecule has 4 nitrogen and oxygen atoms in total. The van der Waals surface area contributed by atoms with Crippen molar-refractivity contribution < 1.29 is 15.3 Å². The van der Waals surface area contributed by atoms with E-state index in [2.05, 4.69) is 0 Å². The molecule has 0 amide bonds. The molecule has 4 heteroatoms. The van der Waals surface area contributed by atoms with Gasteiger partial charge in [0.2, 0.25) is 0 Å². The van der Waals surface area contributed by atoms with Gasteiger partial charge >= 0.3 is 0 Å². The lowest BCUT2D eigenvalue weighted by molar-refractivity contribution is 0.0810. The maximum atomic E-state index is 9.78. The minimum atomic E-state index is -0.749. The quantitative estimate of drug-likeness (QED) is 0.668. The summed E-state index contributed by atoms with van der Waals surface area (Å²) in [5.41, 5.74) is 0.843. The van der Waals surface area contributed by atoms with E-state index in [4.69, 9.17) is 5.11 Å². The molecule has 2 unspecified atom stereocenters. The fourth-order valence-corrected chi connectivity index (χ4v) is 1.43. The molecule has 1 aromatic rings. The number of nitrogens with zero attached hydrogens (tertiary/aromatic N) is 1. The lowest BCUT2D eigenvalue weighted by Crippen LogP contribution is -2.18. The highest BCUT2D eigenvalue weighted by Crippen LogP contribution is 2.21. The van der Waals surface area contributed by atoms with Crippen molar-refractivity contribution in [3.63, 3.8) is 0 Å². The summed E-state index contributed by atoms with van der Waals surface area (Å²) in [6.45, 7) is 4.00. The standard InChI is InChI=1S/C11H19NO3/c1-8(2)11(15)9-3-4-12(5-9)6-10(14)7-13/h3-5,8,10-11,13-15H,6-7H2,1-2H3. The van der Waals surface area contributed by atoms with Gasteiger partial charge in [-0.15, -0.1) is 0 Å². The van der Waals surface area contributed by atoms with E-state index in [9.17, 15) is 10.2 Å². The van der Waals surface area contributed by atoms with Crippen molar-refractivity contribution in [2.75, 3.05) is 6.61 Å². The van der Waals surface area contributed by atoms with Crippen LogP contribution < -0.4 is 0 Å². The molecule has 0 aliphatic rings. The second-order valence-corrected chi connectivity index (χ2v) is 4.17. The van der Waals surface area contributed by atoms with Gasteiger partial charge in [-0.3, -0.25) is 0 Å². The van der Waals surface area contributed by atoms with E-state index in [1.54, 1.807) is 17.0 Å². The van der Waals surface area contributed by atoms with Crippen molar-refractivity contribution in [3.05, 3.63) is 24.0 Å². The summed E-state index contributed by atoms with van der Waals surface area (Å²) in [6.07, 6.45) is 2.36. The predicted molar refractivity (Wildman–Crippen MR) is 57.3 cm³/mol. The van der Waals surface area contributed by atoms with Gasteiger partial charge in [-0.1, -0.05) is 13.8 Å². The molecular weight excluding hydrogens is 194 g/mol. The Morgan fingerprint density at radius 3 is 2.53 bits per heavy atom. The third kappa shape index (κ3) is 3.34. The molecule has 0 aliphatic heterocycles. The van der Waals surface area contributed by atoms with Crippen LogP contribution in [0.25, 0.3) is 0 Å². The third-order valence-electron chi connectivity index (χ3n) is 2.38. The molecule has 3 N–H and O–H groups in total. The second kappa shape index (κ2) is 5.30. The Morgan fingerprint density at radius 2 is 2.00 bits per heavy atom. The van der Waals surface area contributed by atoms with Crippen LogP contribution in [0.2, 0.25) is 0 Å². The van der Waals surface area contributed by atoms with E-state index < -0.39 is 12.2 Å². The molecule has 0 saturated heterocycles. The van der Waals surface area contributed by atoms with Gasteiger partial charge in [0.25, 0.3) is 0 Å². The van der Waals surface area contributed by atoms with Crippen molar-refractivity contribution in [1.29, 1.82) is 0 Å². The van der Waals surface area contributed by atoms with Gasteiger partial charge in [0, 0.05) is 12.4 Å². The van der Waals surface area contributed by atoms with Crippen molar-refractivity contribution in [2.45, 2.75) is 32.6 Å². The molecule has 0 spiro atoms. The molecule has 0 saturated carbocycles. The Labute approximate surface area is 89.8 Å². The normalized spacial score (nSPS) is 15.6. The van der Waals surface area contributed by atoms with Crippen molar-refractivity contribution in [2.24, 2.45) is 5.92 Å². The van der Waals surface area contributed by atoms with Gasteiger partial charge in [0.1, 0.15) is 0 Å². The Kier molecular flexibility index (Phi) is 4.32. The van der Waals surface area contributed by atoms with E-state index in [1.807, 2.05) is 19.9 Å². The van der Waals surface area contributed by atoms with E-state index in [0.29, 0.717) is 6.54 Å². The van der Waals surface area contributed by atoms with Gasteiger partial charge in [-0.2, -0.15) is 0 Å². The number of hydrogen-bond acceptors (Lipinski definition) is 3. The number of aromatic nitrogens is 1. The van der Waals surface area contributed by atoms with Crippen LogP contribution in [0, 0.1) is 5.92 Å². The highest BCUT2D eigenvalue weighted by molar-refractivity contribution is 5.14. The third-order valence-corrected chi connectivity index (χ3v) is 2.38. The fourth-order valence-electron chi connectivity index (χ4n) is 1.43. The van der Waals surface area contributed by atoms with Crippen molar-refractivity contribution in [3.8, 4) is 0 Å². The largest absolute Gasteiger partial charge is 0.394 e. The molecule has 0 fully saturated rings. The van der Waals surface area contributed by atoms with E-state index in [-0.39, 0.29) is 12.5 Å². The zero-order chi connectivity index (χ0) is 11.4. The zero-order valence-electron chi connectivity index (χ0n) is 9.17. The highest BCUT2D eigenvalue weighted by Gasteiger charge is 2.13. The number of rotatable bonds is 5.